The van der Waals surface area contributed by atoms with Gasteiger partial charge in [-0.3, -0.25) is 0 Å². The van der Waals surface area contributed by atoms with Gasteiger partial charge >= 0.3 is 0 Å². The first kappa shape index (κ1) is 39.0. The Morgan fingerprint density at radius 1 is 0.385 bits per heavy atom. The molecule has 7 aromatic carbocycles. The highest BCUT2D eigenvalue weighted by atomic mass is 31.1. The largest absolute Gasteiger partial charge is 0.455 e. The number of nitrogens with zero attached hydrogens (tertiary/aromatic N) is 3. The third kappa shape index (κ3) is 5.18. The average molecular weight is 872 g/mol. The highest BCUT2D eigenvalue weighted by Crippen LogP contribution is 2.59. The van der Waals surface area contributed by atoms with Gasteiger partial charge in [-0.1, -0.05) is 139 Å². The zero-order valence-corrected chi connectivity index (χ0v) is 40.3. The molecule has 0 saturated heterocycles. The highest BCUT2D eigenvalue weighted by Gasteiger charge is 2.33. The van der Waals surface area contributed by atoms with E-state index in [-0.39, 0.29) is 21.7 Å². The van der Waals surface area contributed by atoms with Crippen molar-refractivity contribution in [3.8, 4) is 5.69 Å². The SMILES string of the molecule is CC(C)(C)c1ccc2c(c1)oc1c(C(C)(C)C)cc3oc4cc(C(C)(C)C)c5oc6cc(C(C)(C)C)ccc6n6c7cc(-n8c9ccccc9c9ccccc98)cc8c7p(c3c1n28)c4c56. The Balaban J connectivity index is 1.39. The van der Waals surface area contributed by atoms with Gasteiger partial charge in [-0.2, -0.15) is 0 Å². The Hall–Kier alpha value is -6.36. The topological polar surface area (TPSA) is 53.2 Å². The molecule has 0 aliphatic rings. The molecule has 6 nitrogen and oxygen atoms in total. The van der Waals surface area contributed by atoms with Crippen molar-refractivity contribution in [3.05, 3.63) is 131 Å². The minimum absolute atomic E-state index is 0.0681. The first-order chi connectivity index (χ1) is 30.8. The first-order valence-electron chi connectivity index (χ1n) is 23.1. The lowest BCUT2D eigenvalue weighted by atomic mass is 9.85. The normalized spacial score (nSPS) is 13.8. The van der Waals surface area contributed by atoms with Crippen molar-refractivity contribution in [2.24, 2.45) is 0 Å². The molecule has 0 N–H and O–H groups in total. The molecular formula is C58H54N3O3P. The Morgan fingerprint density at radius 3 is 1.23 bits per heavy atom. The number of aromatic nitrogens is 3. The van der Waals surface area contributed by atoms with E-state index < -0.39 is 7.34 Å². The number of para-hydroxylation sites is 2. The molecule has 7 heteroatoms. The molecular weight excluding hydrogens is 818 g/mol. The van der Waals surface area contributed by atoms with Gasteiger partial charge in [0.15, 0.2) is 22.3 Å². The molecule has 6 heterocycles. The van der Waals surface area contributed by atoms with Crippen LogP contribution in [-0.2, 0) is 21.7 Å². The summed E-state index contributed by atoms with van der Waals surface area (Å²) in [6.07, 6.45) is 0. The molecule has 0 aliphatic carbocycles. The molecule has 0 radical (unpaired) electrons. The van der Waals surface area contributed by atoms with E-state index in [0.29, 0.717) is 0 Å². The predicted molar refractivity (Wildman–Crippen MR) is 275 cm³/mol. The number of hydrogen-bond acceptors (Lipinski definition) is 3. The molecule has 0 fully saturated rings. The zero-order chi connectivity index (χ0) is 45.0. The van der Waals surface area contributed by atoms with Crippen LogP contribution in [0.4, 0.5) is 0 Å². The van der Waals surface area contributed by atoms with E-state index in [0.717, 1.165) is 72.4 Å². The van der Waals surface area contributed by atoms with E-state index in [1.807, 2.05) is 0 Å². The summed E-state index contributed by atoms with van der Waals surface area (Å²) < 4.78 is 29.7. The van der Waals surface area contributed by atoms with Gasteiger partial charge in [0, 0.05) is 27.0 Å². The van der Waals surface area contributed by atoms with Crippen LogP contribution in [0.3, 0.4) is 0 Å². The lowest BCUT2D eigenvalue weighted by molar-refractivity contribution is 0.561. The lowest BCUT2D eigenvalue weighted by Crippen LogP contribution is -2.15. The van der Waals surface area contributed by atoms with Crippen molar-refractivity contribution in [2.75, 3.05) is 0 Å². The van der Waals surface area contributed by atoms with Gasteiger partial charge in [-0.25, -0.2) is 0 Å². The third-order valence-corrected chi connectivity index (χ3v) is 16.9. The Morgan fingerprint density at radius 2 is 0.815 bits per heavy atom. The maximum Gasteiger partial charge on any atom is 0.156 e. The monoisotopic (exact) mass is 871 g/mol. The van der Waals surface area contributed by atoms with Crippen molar-refractivity contribution in [2.45, 2.75) is 105 Å². The van der Waals surface area contributed by atoms with Gasteiger partial charge in [-0.05, 0) is 93.5 Å². The average Bonchev–Trinajstić information content (AvgIpc) is 3.59. The standard InChI is InChI=1S/C58H54N3O3P/c1-55(2,3)31-21-23-40-44(25-31)63-50-36(57(7,8)9)29-46-53-48(50)60(40)42-27-33(59-38-19-15-13-17-34(38)35-18-14-16-20-39(35)59)28-43-52(42)65(53)54-47(62-46)30-37(58(10,11)12)51-49(54)61(43)41-24-22-32(56(4,5)6)26-45(41)64-51/h13-30H,1-12H3. The molecule has 0 spiro atoms. The fraction of sp³-hybridized carbons (Fsp3) is 0.276. The van der Waals surface area contributed by atoms with Gasteiger partial charge in [0.1, 0.15) is 22.2 Å². The fourth-order valence-corrected chi connectivity index (χ4v) is 13.9. The van der Waals surface area contributed by atoms with Crippen molar-refractivity contribution in [3.63, 3.8) is 0 Å². The maximum atomic E-state index is 7.40. The van der Waals surface area contributed by atoms with E-state index >= 15 is 0 Å². The van der Waals surface area contributed by atoms with Crippen LogP contribution >= 0.6 is 7.34 Å². The quantitative estimate of drug-likeness (QED) is 0.122. The van der Waals surface area contributed by atoms with E-state index in [1.165, 1.54) is 59.3 Å². The van der Waals surface area contributed by atoms with Crippen LogP contribution in [-0.4, -0.2) is 13.4 Å². The van der Waals surface area contributed by atoms with E-state index in [1.54, 1.807) is 0 Å². The highest BCUT2D eigenvalue weighted by molar-refractivity contribution is 7.63. The summed E-state index contributed by atoms with van der Waals surface area (Å²) in [5, 5.41) is 6.21. The van der Waals surface area contributed by atoms with Crippen LogP contribution in [0.25, 0.3) is 109 Å². The summed E-state index contributed by atoms with van der Waals surface area (Å²) in [5.74, 6) is 0. The predicted octanol–water partition coefficient (Wildman–Crippen LogP) is 17.6. The number of benzene rings is 7. The third-order valence-electron chi connectivity index (χ3n) is 14.3. The van der Waals surface area contributed by atoms with Gasteiger partial charge in [0.2, 0.25) is 0 Å². The van der Waals surface area contributed by atoms with Gasteiger partial charge < -0.3 is 26.6 Å². The van der Waals surface area contributed by atoms with Crippen molar-refractivity contribution >= 4 is 111 Å². The molecule has 13 aromatic rings. The van der Waals surface area contributed by atoms with Crippen molar-refractivity contribution in [1.82, 2.24) is 13.4 Å². The summed E-state index contributed by atoms with van der Waals surface area (Å²) in [4.78, 5) is 0. The van der Waals surface area contributed by atoms with Crippen LogP contribution in [0.15, 0.2) is 122 Å². The van der Waals surface area contributed by atoms with Crippen molar-refractivity contribution in [1.29, 1.82) is 0 Å². The molecule has 0 amide bonds. The minimum atomic E-state index is -1.17. The molecule has 6 aromatic heterocycles. The Bertz CT molecular complexity index is 3950. The van der Waals surface area contributed by atoms with Crippen LogP contribution in [0, 0.1) is 0 Å². The minimum Gasteiger partial charge on any atom is -0.455 e. The Labute approximate surface area is 378 Å². The number of hydrogen-bond donors (Lipinski definition) is 0. The summed E-state index contributed by atoms with van der Waals surface area (Å²) in [6, 6.07) is 41.0. The van der Waals surface area contributed by atoms with Gasteiger partial charge in [-0.15, -0.1) is 0 Å². The van der Waals surface area contributed by atoms with E-state index in [2.05, 4.69) is 206 Å². The molecule has 0 aliphatic heterocycles. The number of rotatable bonds is 1. The van der Waals surface area contributed by atoms with E-state index in [4.69, 9.17) is 13.3 Å². The number of fused-ring (bicyclic) bond motifs is 9. The second kappa shape index (κ2) is 12.3. The second-order valence-corrected chi connectivity index (χ2v) is 24.8. The van der Waals surface area contributed by atoms with E-state index in [9.17, 15) is 0 Å². The molecule has 324 valence electrons. The Kier molecular flexibility index (Phi) is 7.38. The lowest BCUT2D eigenvalue weighted by Gasteiger charge is -2.29. The maximum absolute atomic E-state index is 7.40. The van der Waals surface area contributed by atoms with Crippen LogP contribution in [0.5, 0.6) is 0 Å². The van der Waals surface area contributed by atoms with Crippen LogP contribution < -0.4 is 0 Å². The summed E-state index contributed by atoms with van der Waals surface area (Å²) >= 11 is 0. The molecule has 0 saturated carbocycles. The molecule has 65 heavy (non-hydrogen) atoms. The van der Waals surface area contributed by atoms with Crippen LogP contribution in [0.1, 0.15) is 105 Å². The van der Waals surface area contributed by atoms with Crippen molar-refractivity contribution < 1.29 is 13.3 Å². The summed E-state index contributed by atoms with van der Waals surface area (Å²) in [5.41, 5.74) is 19.5. The molecule has 0 unspecified atom stereocenters. The first-order valence-corrected chi connectivity index (χ1v) is 24.4. The molecule has 0 atom stereocenters. The second-order valence-electron chi connectivity index (χ2n) is 22.8. The van der Waals surface area contributed by atoms with Gasteiger partial charge in [0.05, 0.1) is 49.0 Å². The zero-order valence-electron chi connectivity index (χ0n) is 39.4. The summed E-state index contributed by atoms with van der Waals surface area (Å²) in [7, 11) is -1.17. The molecule has 0 bridgehead atoms. The van der Waals surface area contributed by atoms with Gasteiger partial charge in [0.25, 0.3) is 0 Å². The van der Waals surface area contributed by atoms with Crippen LogP contribution in [0.2, 0.25) is 0 Å². The smallest absolute Gasteiger partial charge is 0.156 e. The fourth-order valence-electron chi connectivity index (χ4n) is 11.0. The molecule has 13 rings (SSSR count). The summed E-state index contributed by atoms with van der Waals surface area (Å²) in [6.45, 7) is 27.4.